The Bertz CT molecular complexity index is 989. The van der Waals surface area contributed by atoms with Crippen molar-refractivity contribution < 1.29 is 19.8 Å². The Labute approximate surface area is 149 Å². The molecule has 2 heterocycles. The first-order valence-corrected chi connectivity index (χ1v) is 8.25. The lowest BCUT2D eigenvalue weighted by Crippen LogP contribution is -2.01. The Kier molecular flexibility index (Phi) is 4.36. The molecule has 0 aliphatic rings. The number of hydrogen-bond acceptors (Lipinski definition) is 3. The molecule has 2 aromatic heterocycles. The molecule has 0 unspecified atom stereocenters. The molecule has 0 spiro atoms. The van der Waals surface area contributed by atoms with E-state index in [-0.39, 0.29) is 21.9 Å². The van der Waals surface area contributed by atoms with Gasteiger partial charge in [-0.25, -0.2) is 9.59 Å². The number of halogens is 2. The van der Waals surface area contributed by atoms with Gasteiger partial charge in [-0.1, -0.05) is 29.3 Å². The number of aromatic carboxylic acids is 1. The number of aliphatic carboxylic acids is 1. The molecule has 3 N–H and O–H groups in total. The van der Waals surface area contributed by atoms with Crippen LogP contribution in [0.15, 0.2) is 29.6 Å². The predicted molar refractivity (Wildman–Crippen MR) is 95.1 cm³/mol. The number of fused-ring (bicyclic) bond motifs is 1. The van der Waals surface area contributed by atoms with E-state index >= 15 is 0 Å². The van der Waals surface area contributed by atoms with Crippen LogP contribution in [0.2, 0.25) is 10.0 Å². The molecule has 3 aromatic rings. The third kappa shape index (κ3) is 2.91. The van der Waals surface area contributed by atoms with Crippen LogP contribution in [0.3, 0.4) is 0 Å². The number of rotatable bonds is 4. The summed E-state index contributed by atoms with van der Waals surface area (Å²) in [5.74, 6) is -2.38. The maximum Gasteiger partial charge on any atom is 0.352 e. The third-order valence-electron chi connectivity index (χ3n) is 3.37. The minimum absolute atomic E-state index is 0.0144. The SMILES string of the molecule is O=C(O)C(=Cc1c(C(=O)O)[nH]c2cc(Cl)cc(Cl)c12)c1cccs1. The van der Waals surface area contributed by atoms with Gasteiger partial charge < -0.3 is 15.2 Å². The van der Waals surface area contributed by atoms with Gasteiger partial charge in [0, 0.05) is 26.4 Å². The van der Waals surface area contributed by atoms with E-state index in [0.717, 1.165) is 0 Å². The van der Waals surface area contributed by atoms with Gasteiger partial charge in [-0.15, -0.1) is 11.3 Å². The van der Waals surface area contributed by atoms with E-state index in [1.807, 2.05) is 0 Å². The summed E-state index contributed by atoms with van der Waals surface area (Å²) in [6.07, 6.45) is 1.32. The summed E-state index contributed by atoms with van der Waals surface area (Å²) in [4.78, 5) is 26.4. The van der Waals surface area contributed by atoms with E-state index in [0.29, 0.717) is 20.8 Å². The first-order chi connectivity index (χ1) is 11.4. The number of hydrogen-bond donors (Lipinski definition) is 3. The van der Waals surface area contributed by atoms with E-state index in [2.05, 4.69) is 4.98 Å². The van der Waals surface area contributed by atoms with Gasteiger partial charge in [-0.3, -0.25) is 0 Å². The van der Waals surface area contributed by atoms with E-state index in [1.54, 1.807) is 17.5 Å². The fourth-order valence-electron chi connectivity index (χ4n) is 2.40. The highest BCUT2D eigenvalue weighted by Crippen LogP contribution is 2.35. The van der Waals surface area contributed by atoms with Crippen molar-refractivity contribution in [3.63, 3.8) is 0 Å². The molecule has 1 aromatic carbocycles. The molecule has 0 atom stereocenters. The number of aromatic amines is 1. The molecular weight excluding hydrogens is 373 g/mol. The minimum atomic E-state index is -1.22. The summed E-state index contributed by atoms with van der Waals surface area (Å²) in [5.41, 5.74) is 0.459. The van der Waals surface area contributed by atoms with Gasteiger partial charge in [-0.05, 0) is 29.7 Å². The van der Waals surface area contributed by atoms with Crippen LogP contribution in [0, 0.1) is 0 Å². The summed E-state index contributed by atoms with van der Waals surface area (Å²) in [6.45, 7) is 0. The zero-order chi connectivity index (χ0) is 17.4. The molecule has 0 radical (unpaired) electrons. The van der Waals surface area contributed by atoms with Crippen LogP contribution in [0.1, 0.15) is 20.9 Å². The summed E-state index contributed by atoms with van der Waals surface area (Å²) < 4.78 is 0. The molecule has 0 amide bonds. The van der Waals surface area contributed by atoms with Crippen molar-refractivity contribution in [2.75, 3.05) is 0 Å². The van der Waals surface area contributed by atoms with Gasteiger partial charge >= 0.3 is 11.9 Å². The first kappa shape index (κ1) is 16.6. The molecule has 3 rings (SSSR count). The maximum atomic E-state index is 11.6. The molecule has 122 valence electrons. The van der Waals surface area contributed by atoms with Crippen LogP contribution in [0.4, 0.5) is 0 Å². The Balaban J connectivity index is 2.35. The van der Waals surface area contributed by atoms with Gasteiger partial charge in [0.15, 0.2) is 0 Å². The number of nitrogens with one attached hydrogen (secondary N) is 1. The molecule has 8 heteroatoms. The highest BCUT2D eigenvalue weighted by molar-refractivity contribution is 7.11. The number of carboxylic acid groups (broad SMARTS) is 2. The average molecular weight is 382 g/mol. The fourth-order valence-corrected chi connectivity index (χ4v) is 3.73. The Morgan fingerprint density at radius 2 is 1.96 bits per heavy atom. The lowest BCUT2D eigenvalue weighted by atomic mass is 10.1. The molecular formula is C16H9Cl2NO4S. The Morgan fingerprint density at radius 3 is 2.54 bits per heavy atom. The fraction of sp³-hybridized carbons (Fsp3) is 0. The summed E-state index contributed by atoms with van der Waals surface area (Å²) in [7, 11) is 0. The van der Waals surface area contributed by atoms with Crippen molar-refractivity contribution >= 4 is 69.0 Å². The monoisotopic (exact) mass is 381 g/mol. The number of aromatic nitrogens is 1. The van der Waals surface area contributed by atoms with Crippen molar-refractivity contribution in [1.29, 1.82) is 0 Å². The van der Waals surface area contributed by atoms with Crippen LogP contribution < -0.4 is 0 Å². The number of H-pyrrole nitrogens is 1. The predicted octanol–water partition coefficient (Wildman–Crippen LogP) is 4.86. The van der Waals surface area contributed by atoms with E-state index in [1.165, 1.54) is 29.5 Å². The second-order valence-electron chi connectivity index (χ2n) is 4.87. The van der Waals surface area contributed by atoms with Crippen LogP contribution >= 0.6 is 34.5 Å². The molecule has 0 saturated heterocycles. The molecule has 5 nitrogen and oxygen atoms in total. The van der Waals surface area contributed by atoms with Crippen molar-refractivity contribution in [2.45, 2.75) is 0 Å². The standard InChI is InChI=1S/C16H9Cl2NO4S/c17-7-4-10(18)13-9(14(16(22)23)19-11(13)5-7)6-8(15(20)21)12-2-1-3-24-12/h1-6,19H,(H,20,21)(H,22,23). The zero-order valence-corrected chi connectivity index (χ0v) is 14.2. The normalized spacial score (nSPS) is 11.8. The van der Waals surface area contributed by atoms with Crippen LogP contribution in [0.5, 0.6) is 0 Å². The van der Waals surface area contributed by atoms with Gasteiger partial charge in [0.25, 0.3) is 0 Å². The van der Waals surface area contributed by atoms with Gasteiger partial charge in [0.05, 0.1) is 10.6 Å². The van der Waals surface area contributed by atoms with E-state index in [9.17, 15) is 19.8 Å². The largest absolute Gasteiger partial charge is 0.478 e. The van der Waals surface area contributed by atoms with Crippen molar-refractivity contribution in [3.8, 4) is 0 Å². The highest BCUT2D eigenvalue weighted by atomic mass is 35.5. The third-order valence-corrected chi connectivity index (χ3v) is 4.79. The summed E-state index contributed by atoms with van der Waals surface area (Å²) >= 11 is 13.4. The van der Waals surface area contributed by atoms with Gasteiger partial charge in [-0.2, -0.15) is 0 Å². The molecule has 0 bridgehead atoms. The quantitative estimate of drug-likeness (QED) is 0.562. The molecule has 0 aliphatic heterocycles. The smallest absolute Gasteiger partial charge is 0.352 e. The van der Waals surface area contributed by atoms with Gasteiger partial charge in [0.2, 0.25) is 0 Å². The molecule has 0 fully saturated rings. The van der Waals surface area contributed by atoms with E-state index < -0.39 is 11.9 Å². The molecule has 24 heavy (non-hydrogen) atoms. The van der Waals surface area contributed by atoms with Crippen molar-refractivity contribution in [1.82, 2.24) is 4.98 Å². The lowest BCUT2D eigenvalue weighted by molar-refractivity contribution is -0.130. The Morgan fingerprint density at radius 1 is 1.21 bits per heavy atom. The first-order valence-electron chi connectivity index (χ1n) is 6.61. The Hall–Kier alpha value is -2.28. The molecule has 0 saturated carbocycles. The van der Waals surface area contributed by atoms with Gasteiger partial charge in [0.1, 0.15) is 5.69 Å². The van der Waals surface area contributed by atoms with E-state index in [4.69, 9.17) is 23.2 Å². The van der Waals surface area contributed by atoms with Crippen molar-refractivity contribution in [3.05, 3.63) is 55.8 Å². The van der Waals surface area contributed by atoms with Crippen LogP contribution in [0.25, 0.3) is 22.6 Å². The lowest BCUT2D eigenvalue weighted by Gasteiger charge is -2.02. The number of carbonyl (C=O) groups is 2. The summed E-state index contributed by atoms with van der Waals surface area (Å²) in [6, 6.07) is 6.39. The zero-order valence-electron chi connectivity index (χ0n) is 11.8. The number of benzene rings is 1. The highest BCUT2D eigenvalue weighted by Gasteiger charge is 2.21. The number of carboxylic acids is 2. The number of thiophene rings is 1. The van der Waals surface area contributed by atoms with Crippen LogP contribution in [-0.4, -0.2) is 27.1 Å². The second kappa shape index (κ2) is 6.32. The summed E-state index contributed by atoms with van der Waals surface area (Å²) in [5, 5.41) is 21.7. The topological polar surface area (TPSA) is 90.4 Å². The van der Waals surface area contributed by atoms with Crippen LogP contribution in [-0.2, 0) is 4.79 Å². The second-order valence-corrected chi connectivity index (χ2v) is 6.66. The average Bonchev–Trinajstić information content (AvgIpc) is 3.11. The maximum absolute atomic E-state index is 11.6. The van der Waals surface area contributed by atoms with Crippen molar-refractivity contribution in [2.24, 2.45) is 0 Å². The molecule has 0 aliphatic carbocycles. The minimum Gasteiger partial charge on any atom is -0.478 e.